The number of nitrogens with zero attached hydrogens (tertiary/aromatic N) is 2. The number of halogens is 1. The Labute approximate surface area is 93.9 Å². The summed E-state index contributed by atoms with van der Waals surface area (Å²) < 4.78 is 30.1. The molecule has 2 aromatic heterocycles. The Kier molecular flexibility index (Phi) is 2.63. The highest BCUT2D eigenvalue weighted by atomic mass is 35.5. The van der Waals surface area contributed by atoms with Gasteiger partial charge < -0.3 is 4.52 Å². The maximum atomic E-state index is 11.6. The Balaban J connectivity index is 2.28. The van der Waals surface area contributed by atoms with Gasteiger partial charge in [0, 0.05) is 6.07 Å². The average molecular weight is 266 g/mol. The molecule has 0 aliphatic heterocycles. The first kappa shape index (κ1) is 10.4. The zero-order chi connectivity index (χ0) is 10.9. The van der Waals surface area contributed by atoms with E-state index in [1.165, 1.54) is 18.5 Å². The second-order valence-corrected chi connectivity index (χ2v) is 5.94. The lowest BCUT2D eigenvalue weighted by atomic mass is 10.7. The molecule has 0 aliphatic rings. The van der Waals surface area contributed by atoms with Crippen LogP contribution < -0.4 is 4.72 Å². The lowest BCUT2D eigenvalue weighted by Gasteiger charge is -1.99. The molecule has 15 heavy (non-hydrogen) atoms. The molecule has 80 valence electrons. The number of hydrogen-bond acceptors (Lipinski definition) is 6. The van der Waals surface area contributed by atoms with E-state index in [1.54, 1.807) is 0 Å². The lowest BCUT2D eigenvalue weighted by Crippen LogP contribution is -2.11. The molecule has 2 aromatic rings. The Morgan fingerprint density at radius 1 is 1.53 bits per heavy atom. The van der Waals surface area contributed by atoms with Crippen LogP contribution in [0, 0.1) is 0 Å². The molecule has 0 saturated heterocycles. The number of aromatic nitrogens is 2. The van der Waals surface area contributed by atoms with Crippen molar-refractivity contribution >= 4 is 38.8 Å². The Morgan fingerprint density at radius 2 is 2.33 bits per heavy atom. The molecule has 0 saturated carbocycles. The SMILES string of the molecule is O=S(=O)(Nc1ccon1)c1cnc(Cl)s1. The fourth-order valence-electron chi connectivity index (χ4n) is 0.817. The predicted octanol–water partition coefficient (Wildman–Crippen LogP) is 1.59. The van der Waals surface area contributed by atoms with Crippen molar-refractivity contribution in [3.8, 4) is 0 Å². The van der Waals surface area contributed by atoms with Gasteiger partial charge in [-0.1, -0.05) is 28.1 Å². The molecule has 0 fully saturated rings. The number of anilines is 1. The monoisotopic (exact) mass is 265 g/mol. The molecule has 6 nitrogen and oxygen atoms in total. The number of sulfonamides is 1. The van der Waals surface area contributed by atoms with Crippen LogP contribution in [0.25, 0.3) is 0 Å². The minimum atomic E-state index is -3.66. The van der Waals surface area contributed by atoms with Gasteiger partial charge in [-0.2, -0.15) is 0 Å². The van der Waals surface area contributed by atoms with Crippen molar-refractivity contribution in [1.82, 2.24) is 10.1 Å². The fraction of sp³-hybridized carbons (Fsp3) is 0. The second kappa shape index (κ2) is 3.80. The van der Waals surface area contributed by atoms with Crippen LogP contribution in [0.4, 0.5) is 5.82 Å². The summed E-state index contributed by atoms with van der Waals surface area (Å²) in [4.78, 5) is 3.63. The van der Waals surface area contributed by atoms with Gasteiger partial charge in [0.15, 0.2) is 14.5 Å². The molecule has 1 N–H and O–H groups in total. The summed E-state index contributed by atoms with van der Waals surface area (Å²) in [5.41, 5.74) is 0. The van der Waals surface area contributed by atoms with Crippen LogP contribution in [-0.4, -0.2) is 18.6 Å². The molecule has 0 aromatic carbocycles. The Morgan fingerprint density at radius 3 is 2.87 bits per heavy atom. The van der Waals surface area contributed by atoms with Crippen LogP contribution in [0.5, 0.6) is 0 Å². The van der Waals surface area contributed by atoms with E-state index in [1.807, 2.05) is 0 Å². The van der Waals surface area contributed by atoms with Crippen molar-refractivity contribution in [2.24, 2.45) is 0 Å². The molecule has 2 heterocycles. The normalized spacial score (nSPS) is 11.5. The van der Waals surface area contributed by atoms with E-state index in [4.69, 9.17) is 11.6 Å². The first-order valence-corrected chi connectivity index (χ1v) is 6.30. The second-order valence-electron chi connectivity index (χ2n) is 2.42. The minimum absolute atomic E-state index is 0.0236. The number of hydrogen-bond donors (Lipinski definition) is 1. The summed E-state index contributed by atoms with van der Waals surface area (Å²) >= 11 is 6.39. The molecule has 0 unspecified atom stereocenters. The summed E-state index contributed by atoms with van der Waals surface area (Å²) in [5, 5.41) is 3.42. The highest BCUT2D eigenvalue weighted by molar-refractivity contribution is 7.94. The molecule has 0 aliphatic carbocycles. The zero-order valence-electron chi connectivity index (χ0n) is 7.05. The molecule has 9 heteroatoms. The largest absolute Gasteiger partial charge is 0.363 e. The molecular weight excluding hydrogens is 262 g/mol. The van der Waals surface area contributed by atoms with Crippen LogP contribution in [0.1, 0.15) is 0 Å². The van der Waals surface area contributed by atoms with Gasteiger partial charge in [-0.05, 0) is 0 Å². The summed E-state index contributed by atoms with van der Waals surface area (Å²) in [6, 6.07) is 1.39. The maximum Gasteiger partial charge on any atom is 0.274 e. The summed E-state index contributed by atoms with van der Waals surface area (Å²) in [5.74, 6) is 0.111. The number of thiazole rings is 1. The van der Waals surface area contributed by atoms with E-state index in [-0.39, 0.29) is 14.5 Å². The van der Waals surface area contributed by atoms with Gasteiger partial charge in [0.25, 0.3) is 10.0 Å². The van der Waals surface area contributed by atoms with Gasteiger partial charge in [-0.3, -0.25) is 4.72 Å². The minimum Gasteiger partial charge on any atom is -0.363 e. The average Bonchev–Trinajstić information content (AvgIpc) is 2.75. The van der Waals surface area contributed by atoms with E-state index in [0.29, 0.717) is 0 Å². The van der Waals surface area contributed by atoms with Crippen molar-refractivity contribution in [2.75, 3.05) is 4.72 Å². The highest BCUT2D eigenvalue weighted by Crippen LogP contribution is 2.23. The Bertz CT molecular complexity index is 548. The molecule has 0 spiro atoms. The smallest absolute Gasteiger partial charge is 0.274 e. The zero-order valence-corrected chi connectivity index (χ0v) is 9.43. The fourth-order valence-corrected chi connectivity index (χ4v) is 3.10. The quantitative estimate of drug-likeness (QED) is 0.911. The van der Waals surface area contributed by atoms with E-state index in [2.05, 4.69) is 19.4 Å². The van der Waals surface area contributed by atoms with Gasteiger partial charge in [-0.15, -0.1) is 0 Å². The van der Waals surface area contributed by atoms with E-state index >= 15 is 0 Å². The maximum absolute atomic E-state index is 11.6. The molecule has 0 atom stereocenters. The number of rotatable bonds is 3. The van der Waals surface area contributed by atoms with Crippen molar-refractivity contribution in [3.05, 3.63) is 23.0 Å². The van der Waals surface area contributed by atoms with Crippen molar-refractivity contribution in [1.29, 1.82) is 0 Å². The van der Waals surface area contributed by atoms with Crippen LogP contribution in [0.3, 0.4) is 0 Å². The van der Waals surface area contributed by atoms with E-state index < -0.39 is 10.0 Å². The van der Waals surface area contributed by atoms with Crippen LogP contribution in [0.15, 0.2) is 27.3 Å². The number of nitrogens with one attached hydrogen (secondary N) is 1. The first-order chi connectivity index (χ1) is 7.08. The third-order valence-electron chi connectivity index (χ3n) is 1.40. The van der Waals surface area contributed by atoms with Crippen molar-refractivity contribution in [3.63, 3.8) is 0 Å². The molecule has 0 radical (unpaired) electrons. The van der Waals surface area contributed by atoms with Gasteiger partial charge in [0.05, 0.1) is 6.20 Å². The van der Waals surface area contributed by atoms with E-state index in [0.717, 1.165) is 11.3 Å². The summed E-state index contributed by atoms with van der Waals surface area (Å²) in [7, 11) is -3.66. The molecule has 2 rings (SSSR count). The van der Waals surface area contributed by atoms with Gasteiger partial charge in [-0.25, -0.2) is 13.4 Å². The molecule has 0 bridgehead atoms. The molecule has 0 amide bonds. The topological polar surface area (TPSA) is 85.1 Å². The molecular formula is C6H4ClN3O3S2. The third-order valence-corrected chi connectivity index (χ3v) is 4.33. The van der Waals surface area contributed by atoms with Crippen molar-refractivity contribution < 1.29 is 12.9 Å². The first-order valence-electron chi connectivity index (χ1n) is 3.62. The van der Waals surface area contributed by atoms with Crippen LogP contribution in [-0.2, 0) is 10.0 Å². The van der Waals surface area contributed by atoms with Crippen LogP contribution in [0.2, 0.25) is 4.47 Å². The van der Waals surface area contributed by atoms with E-state index in [9.17, 15) is 8.42 Å². The van der Waals surface area contributed by atoms with Gasteiger partial charge in [0.1, 0.15) is 6.26 Å². The van der Waals surface area contributed by atoms with Gasteiger partial charge >= 0.3 is 0 Å². The lowest BCUT2D eigenvalue weighted by molar-refractivity contribution is 0.423. The summed E-state index contributed by atoms with van der Waals surface area (Å²) in [6.45, 7) is 0. The highest BCUT2D eigenvalue weighted by Gasteiger charge is 2.18. The van der Waals surface area contributed by atoms with Crippen molar-refractivity contribution in [2.45, 2.75) is 4.21 Å². The van der Waals surface area contributed by atoms with Gasteiger partial charge in [0.2, 0.25) is 0 Å². The predicted molar refractivity (Wildman–Crippen MR) is 54.4 cm³/mol. The standard InChI is InChI=1S/C6H4ClN3O3S2/c7-6-8-3-5(14-6)15(11,12)10-4-1-2-13-9-4/h1-3H,(H,9,10). The van der Waals surface area contributed by atoms with Crippen LogP contribution >= 0.6 is 22.9 Å². The Hall–Kier alpha value is -1.12. The third kappa shape index (κ3) is 2.28. The summed E-state index contributed by atoms with van der Waals surface area (Å²) in [6.07, 6.45) is 2.44.